The molecule has 1 aromatic carbocycles. The van der Waals surface area contributed by atoms with E-state index < -0.39 is 0 Å². The van der Waals surface area contributed by atoms with Crippen LogP contribution in [0.15, 0.2) is 30.3 Å². The summed E-state index contributed by atoms with van der Waals surface area (Å²) < 4.78 is 0. The van der Waals surface area contributed by atoms with Crippen molar-refractivity contribution < 1.29 is 0 Å². The van der Waals surface area contributed by atoms with Gasteiger partial charge in [0.05, 0.1) is 0 Å². The fraction of sp³-hybridized carbons (Fsp3) is 0.375. The van der Waals surface area contributed by atoms with E-state index >= 15 is 0 Å². The monoisotopic (exact) mass is 234 g/mol. The van der Waals surface area contributed by atoms with Crippen LogP contribution in [0, 0.1) is 13.8 Å². The van der Waals surface area contributed by atoms with Gasteiger partial charge in [-0.15, -0.1) is 0 Å². The minimum absolute atomic E-state index is 0.611. The molecule has 0 N–H and O–H groups in total. The SMILES string of the molecule is Cc1ccc(Cc2bbc(C(C)C)cc2)c(C)c1. The summed E-state index contributed by atoms with van der Waals surface area (Å²) >= 11 is 0. The van der Waals surface area contributed by atoms with Crippen LogP contribution < -0.4 is 0 Å². The van der Waals surface area contributed by atoms with Crippen LogP contribution in [0.3, 0.4) is 0 Å². The first kappa shape index (κ1) is 13.3. The Hall–Kier alpha value is -1.17. The summed E-state index contributed by atoms with van der Waals surface area (Å²) in [6, 6.07) is 11.2. The van der Waals surface area contributed by atoms with Crippen molar-refractivity contribution in [1.29, 1.82) is 0 Å². The minimum atomic E-state index is 0.611. The molecule has 0 bridgehead atoms. The zero-order valence-electron chi connectivity index (χ0n) is 11.8. The van der Waals surface area contributed by atoms with Crippen molar-refractivity contribution in [3.8, 4) is 0 Å². The molecular formula is C16H20B2. The van der Waals surface area contributed by atoms with Crippen LogP contribution >= 0.6 is 0 Å². The summed E-state index contributed by atoms with van der Waals surface area (Å²) in [4.78, 5) is 0. The Kier molecular flexibility index (Phi) is 4.16. The van der Waals surface area contributed by atoms with Crippen molar-refractivity contribution in [3.05, 3.63) is 57.9 Å². The van der Waals surface area contributed by atoms with E-state index in [-0.39, 0.29) is 0 Å². The Labute approximate surface area is 112 Å². The summed E-state index contributed by atoms with van der Waals surface area (Å²) in [7, 11) is 0. The van der Waals surface area contributed by atoms with Crippen molar-refractivity contribution in [1.82, 2.24) is 0 Å². The van der Waals surface area contributed by atoms with Gasteiger partial charge in [0.2, 0.25) is 0 Å². The summed E-state index contributed by atoms with van der Waals surface area (Å²) in [5, 5.41) is 0. The van der Waals surface area contributed by atoms with Gasteiger partial charge in [-0.3, -0.25) is 0 Å². The molecule has 0 fully saturated rings. The summed E-state index contributed by atoms with van der Waals surface area (Å²) in [5.41, 5.74) is 6.97. The normalized spacial score (nSPS) is 10.5. The molecule has 0 aliphatic heterocycles. The van der Waals surface area contributed by atoms with Crippen LogP contribution in [0.5, 0.6) is 0 Å². The quantitative estimate of drug-likeness (QED) is 0.759. The third-order valence-corrected chi connectivity index (χ3v) is 3.54. The molecule has 1 heterocycles. The molecule has 0 atom stereocenters. The van der Waals surface area contributed by atoms with Gasteiger partial charge >= 0.3 is 112 Å². The van der Waals surface area contributed by atoms with Gasteiger partial charge in [0.15, 0.2) is 0 Å². The molecule has 0 saturated heterocycles. The van der Waals surface area contributed by atoms with E-state index in [1.54, 1.807) is 0 Å². The van der Waals surface area contributed by atoms with E-state index in [0.717, 1.165) is 6.42 Å². The molecule has 0 aliphatic rings. The van der Waals surface area contributed by atoms with Gasteiger partial charge in [-0.05, 0) is 0 Å². The third kappa shape index (κ3) is 3.19. The molecule has 0 nitrogen and oxygen atoms in total. The van der Waals surface area contributed by atoms with Crippen LogP contribution in [-0.2, 0) is 6.42 Å². The second-order valence-corrected chi connectivity index (χ2v) is 5.50. The molecule has 90 valence electrons. The maximum absolute atomic E-state index is 2.26. The fourth-order valence-corrected chi connectivity index (χ4v) is 2.28. The van der Waals surface area contributed by atoms with Crippen molar-refractivity contribution in [2.24, 2.45) is 0 Å². The van der Waals surface area contributed by atoms with Crippen molar-refractivity contribution in [2.75, 3.05) is 0 Å². The molecule has 0 unspecified atom stereocenters. The average molecular weight is 234 g/mol. The second-order valence-electron chi connectivity index (χ2n) is 5.50. The number of rotatable bonds is 3. The predicted octanol–water partition coefficient (Wildman–Crippen LogP) is 3.69. The van der Waals surface area contributed by atoms with Gasteiger partial charge in [0.1, 0.15) is 0 Å². The van der Waals surface area contributed by atoms with E-state index in [9.17, 15) is 0 Å². The third-order valence-electron chi connectivity index (χ3n) is 3.54. The van der Waals surface area contributed by atoms with Gasteiger partial charge in [0, 0.05) is 0 Å². The predicted molar refractivity (Wildman–Crippen MR) is 81.9 cm³/mol. The molecule has 0 aliphatic carbocycles. The molecule has 0 saturated carbocycles. The van der Waals surface area contributed by atoms with E-state index in [2.05, 4.69) is 71.6 Å². The number of benzene rings is 1. The molecule has 1 aromatic heterocycles. The zero-order chi connectivity index (χ0) is 13.1. The first-order chi connectivity index (χ1) is 8.56. The van der Waals surface area contributed by atoms with E-state index in [4.69, 9.17) is 0 Å². The number of hydrogen-bond donors (Lipinski definition) is 0. The fourth-order valence-electron chi connectivity index (χ4n) is 2.28. The summed E-state index contributed by atoms with van der Waals surface area (Å²) in [6.45, 7) is 13.3. The number of aryl methyl sites for hydroxylation is 2. The topological polar surface area (TPSA) is 0 Å². The van der Waals surface area contributed by atoms with Crippen molar-refractivity contribution in [3.63, 3.8) is 0 Å². The first-order valence-corrected chi connectivity index (χ1v) is 6.71. The number of hydrogen-bond acceptors (Lipinski definition) is 0. The Morgan fingerprint density at radius 3 is 2.33 bits per heavy atom. The summed E-state index contributed by atoms with van der Waals surface area (Å²) in [6.07, 6.45) is 1.03. The van der Waals surface area contributed by atoms with Crippen LogP contribution in [0.25, 0.3) is 0 Å². The summed E-state index contributed by atoms with van der Waals surface area (Å²) in [5.74, 6) is 0.611. The average Bonchev–Trinajstić information content (AvgIpc) is 2.33. The van der Waals surface area contributed by atoms with Gasteiger partial charge in [-0.25, -0.2) is 0 Å². The molecule has 2 rings (SSSR count). The van der Waals surface area contributed by atoms with Gasteiger partial charge < -0.3 is 0 Å². The molecule has 0 spiro atoms. The Balaban J connectivity index is 2.18. The van der Waals surface area contributed by atoms with Crippen molar-refractivity contribution >= 4 is 13.6 Å². The van der Waals surface area contributed by atoms with Gasteiger partial charge in [0.25, 0.3) is 0 Å². The molecule has 2 heteroatoms. The molecule has 0 amide bonds. The molecule has 0 radical (unpaired) electrons. The van der Waals surface area contributed by atoms with Gasteiger partial charge in [-0.1, -0.05) is 0 Å². The van der Waals surface area contributed by atoms with E-state index in [0.29, 0.717) is 5.92 Å². The van der Waals surface area contributed by atoms with Crippen LogP contribution in [-0.4, -0.2) is 13.6 Å². The standard InChI is InChI=1S/C16H20B2/c1-11(2)16-8-7-15(17-18-16)10-14-6-5-12(3)9-13(14)4/h5-9,11H,10H2,1-4H3. The Morgan fingerprint density at radius 2 is 1.78 bits per heavy atom. The van der Waals surface area contributed by atoms with Gasteiger partial charge in [-0.2, -0.15) is 0 Å². The Bertz CT molecular complexity index is 527. The second kappa shape index (κ2) is 5.65. The van der Waals surface area contributed by atoms with E-state index in [1.807, 2.05) is 0 Å². The van der Waals surface area contributed by atoms with Crippen molar-refractivity contribution in [2.45, 2.75) is 40.0 Å². The maximum atomic E-state index is 2.26. The van der Waals surface area contributed by atoms with Crippen LogP contribution in [0.4, 0.5) is 0 Å². The van der Waals surface area contributed by atoms with E-state index in [1.165, 1.54) is 27.6 Å². The first-order valence-electron chi connectivity index (χ1n) is 6.71. The Morgan fingerprint density at radius 1 is 1.00 bits per heavy atom. The molecule has 18 heavy (non-hydrogen) atoms. The molecule has 2 aromatic rings. The zero-order valence-corrected chi connectivity index (χ0v) is 11.8. The molecular weight excluding hydrogens is 214 g/mol. The van der Waals surface area contributed by atoms with Crippen LogP contribution in [0.1, 0.15) is 47.4 Å². The van der Waals surface area contributed by atoms with Crippen LogP contribution in [0.2, 0.25) is 0 Å².